The van der Waals surface area contributed by atoms with Crippen molar-refractivity contribution in [2.24, 2.45) is 4.99 Å². The van der Waals surface area contributed by atoms with Crippen molar-refractivity contribution >= 4 is 11.5 Å². The molecule has 1 fully saturated rings. The van der Waals surface area contributed by atoms with Crippen LogP contribution in [0.4, 0.5) is 5.69 Å². The van der Waals surface area contributed by atoms with Gasteiger partial charge in [0.25, 0.3) is 0 Å². The molecule has 3 aliphatic heterocycles. The molecule has 1 aromatic rings. The smallest absolute Gasteiger partial charge is 0.178 e. The average molecular weight is 443 g/mol. The molecule has 3 aliphatic rings. The zero-order valence-electron chi connectivity index (χ0n) is 20.1. The average Bonchev–Trinajstić information content (AvgIpc) is 3.37. The van der Waals surface area contributed by atoms with Crippen LogP contribution < -0.4 is 16.0 Å². The summed E-state index contributed by atoms with van der Waals surface area (Å²) in [5.74, 6) is 1.81. The highest BCUT2D eigenvalue weighted by Crippen LogP contribution is 2.29. The lowest BCUT2D eigenvalue weighted by molar-refractivity contribution is 0.136. The maximum Gasteiger partial charge on any atom is 0.178 e. The first-order valence-corrected chi connectivity index (χ1v) is 11.8. The van der Waals surface area contributed by atoms with E-state index >= 15 is 0 Å². The van der Waals surface area contributed by atoms with Crippen LogP contribution in [-0.2, 0) is 17.7 Å². The minimum Gasteiger partial charge on any atom is -0.380 e. The molecule has 0 spiro atoms. The van der Waals surface area contributed by atoms with Gasteiger partial charge in [0.05, 0.1) is 24.5 Å². The van der Waals surface area contributed by atoms with Gasteiger partial charge in [-0.3, -0.25) is 9.58 Å². The standard InChI is InChI=1S/C23H38N8O/c1-6-18-20-21(31(28-18)12-13-32-7-2)22(25-19-14-16(3)8-10-24-19)27-23(26-20)30(5)17-9-11-29(4)15-17/h8,14,17,23-24,26H,6-7,9-13,15H2,1-5H3,(H,25,27)/t17-,23?/m1/s1. The minimum atomic E-state index is -0.142. The molecule has 0 aromatic carbocycles. The summed E-state index contributed by atoms with van der Waals surface area (Å²) in [7, 11) is 4.36. The number of anilines is 1. The first kappa shape index (κ1) is 22.8. The van der Waals surface area contributed by atoms with Crippen LogP contribution in [0.15, 0.2) is 28.5 Å². The van der Waals surface area contributed by atoms with Crippen molar-refractivity contribution in [3.05, 3.63) is 34.9 Å². The Morgan fingerprint density at radius 3 is 2.88 bits per heavy atom. The van der Waals surface area contributed by atoms with E-state index in [0.717, 1.165) is 61.2 Å². The lowest BCUT2D eigenvalue weighted by Gasteiger charge is -2.35. The Hall–Kier alpha value is -2.36. The maximum atomic E-state index is 5.62. The van der Waals surface area contributed by atoms with Crippen molar-refractivity contribution < 1.29 is 4.74 Å². The van der Waals surface area contributed by atoms with E-state index in [9.17, 15) is 0 Å². The van der Waals surface area contributed by atoms with Gasteiger partial charge in [0.1, 0.15) is 11.5 Å². The number of nitrogens with zero attached hydrogens (tertiary/aromatic N) is 5. The minimum absolute atomic E-state index is 0.142. The summed E-state index contributed by atoms with van der Waals surface area (Å²) >= 11 is 0. The van der Waals surface area contributed by atoms with E-state index in [1.54, 1.807) is 0 Å². The Labute approximate surface area is 191 Å². The van der Waals surface area contributed by atoms with Crippen molar-refractivity contribution in [2.75, 3.05) is 52.3 Å². The Kier molecular flexibility index (Phi) is 7.17. The van der Waals surface area contributed by atoms with E-state index in [1.165, 1.54) is 5.57 Å². The molecule has 1 saturated heterocycles. The molecule has 0 aliphatic carbocycles. The molecule has 1 aromatic heterocycles. The summed E-state index contributed by atoms with van der Waals surface area (Å²) in [6.07, 6.45) is 6.17. The third-order valence-electron chi connectivity index (χ3n) is 6.43. The lowest BCUT2D eigenvalue weighted by atomic mass is 10.1. The molecule has 9 nitrogen and oxygen atoms in total. The van der Waals surface area contributed by atoms with Crippen LogP contribution in [0.2, 0.25) is 0 Å². The van der Waals surface area contributed by atoms with Gasteiger partial charge in [-0.1, -0.05) is 13.0 Å². The largest absolute Gasteiger partial charge is 0.380 e. The molecule has 0 radical (unpaired) electrons. The zero-order valence-corrected chi connectivity index (χ0v) is 20.1. The van der Waals surface area contributed by atoms with E-state index in [1.807, 2.05) is 11.6 Å². The number of likely N-dealkylation sites (N-methyl/N-ethyl adjacent to an activating group) is 2. The van der Waals surface area contributed by atoms with E-state index in [0.29, 0.717) is 25.8 Å². The molecule has 3 N–H and O–H groups in total. The van der Waals surface area contributed by atoms with Gasteiger partial charge in [0.2, 0.25) is 0 Å². The number of aryl methyl sites for hydroxylation is 1. The summed E-state index contributed by atoms with van der Waals surface area (Å²) in [6.45, 7) is 11.3. The van der Waals surface area contributed by atoms with Gasteiger partial charge in [-0.2, -0.15) is 5.10 Å². The van der Waals surface area contributed by atoms with Gasteiger partial charge in [0, 0.05) is 25.7 Å². The SMILES string of the molecule is CCOCCn1nc(CC)c2c1C(NC1=CC(C)=CCN1)=NC(N(C)[C@@H]1CCN(C)C1)N2. The number of fused-ring (bicyclic) bond motifs is 1. The summed E-state index contributed by atoms with van der Waals surface area (Å²) in [6, 6.07) is 0.472. The molecule has 4 heterocycles. The normalized spacial score (nSPS) is 23.2. The molecule has 9 heteroatoms. The van der Waals surface area contributed by atoms with E-state index < -0.39 is 0 Å². The number of allylic oxidation sites excluding steroid dienone is 2. The number of rotatable bonds is 8. The molecular weight excluding hydrogens is 404 g/mol. The first-order chi connectivity index (χ1) is 15.5. The predicted molar refractivity (Wildman–Crippen MR) is 129 cm³/mol. The Bertz CT molecular complexity index is 902. The van der Waals surface area contributed by atoms with Crippen molar-refractivity contribution in [2.45, 2.75) is 52.5 Å². The summed E-state index contributed by atoms with van der Waals surface area (Å²) in [5.41, 5.74) is 4.38. The van der Waals surface area contributed by atoms with E-state index in [2.05, 4.69) is 65.8 Å². The second kappa shape index (κ2) is 10.1. The van der Waals surface area contributed by atoms with Crippen LogP contribution >= 0.6 is 0 Å². The highest BCUT2D eigenvalue weighted by molar-refractivity contribution is 6.04. The van der Waals surface area contributed by atoms with Gasteiger partial charge >= 0.3 is 0 Å². The Balaban J connectivity index is 1.67. The van der Waals surface area contributed by atoms with Gasteiger partial charge in [-0.25, -0.2) is 4.99 Å². The van der Waals surface area contributed by atoms with E-state index in [-0.39, 0.29) is 6.29 Å². The second-order valence-corrected chi connectivity index (χ2v) is 8.82. The fourth-order valence-electron chi connectivity index (χ4n) is 4.55. The molecule has 4 rings (SSSR count). The molecule has 2 atom stereocenters. The number of nitrogens with one attached hydrogen (secondary N) is 3. The number of aromatic nitrogens is 2. The molecule has 0 amide bonds. The third-order valence-corrected chi connectivity index (χ3v) is 6.43. The summed E-state index contributed by atoms with van der Waals surface area (Å²) < 4.78 is 7.66. The topological polar surface area (TPSA) is 82.0 Å². The molecule has 1 unspecified atom stereocenters. The summed E-state index contributed by atoms with van der Waals surface area (Å²) in [5, 5.41) is 15.6. The molecule has 32 heavy (non-hydrogen) atoms. The van der Waals surface area contributed by atoms with Crippen molar-refractivity contribution in [1.29, 1.82) is 0 Å². The number of aliphatic imine (C=N–C) groups is 1. The van der Waals surface area contributed by atoms with Gasteiger partial charge < -0.3 is 25.6 Å². The highest BCUT2D eigenvalue weighted by atomic mass is 16.5. The second-order valence-electron chi connectivity index (χ2n) is 8.82. The quantitative estimate of drug-likeness (QED) is 0.527. The number of amidine groups is 1. The van der Waals surface area contributed by atoms with Crippen LogP contribution in [0.1, 0.15) is 38.6 Å². The van der Waals surface area contributed by atoms with Crippen LogP contribution in [0.3, 0.4) is 0 Å². The maximum absolute atomic E-state index is 5.62. The highest BCUT2D eigenvalue weighted by Gasteiger charge is 2.34. The number of ether oxygens (including phenoxy) is 1. The molecule has 0 saturated carbocycles. The van der Waals surface area contributed by atoms with Crippen LogP contribution in [0.25, 0.3) is 0 Å². The van der Waals surface area contributed by atoms with Crippen LogP contribution in [-0.4, -0.2) is 84.7 Å². The van der Waals surface area contributed by atoms with Gasteiger partial charge in [0.15, 0.2) is 12.1 Å². The number of hydrogen-bond acceptors (Lipinski definition) is 8. The Morgan fingerprint density at radius 1 is 1.34 bits per heavy atom. The Morgan fingerprint density at radius 2 is 2.19 bits per heavy atom. The van der Waals surface area contributed by atoms with Gasteiger partial charge in [-0.05, 0) is 59.0 Å². The van der Waals surface area contributed by atoms with Gasteiger partial charge in [-0.15, -0.1) is 0 Å². The van der Waals surface area contributed by atoms with Crippen LogP contribution in [0, 0.1) is 0 Å². The predicted octanol–water partition coefficient (Wildman–Crippen LogP) is 1.55. The van der Waals surface area contributed by atoms with Crippen LogP contribution in [0.5, 0.6) is 0 Å². The summed E-state index contributed by atoms with van der Waals surface area (Å²) in [4.78, 5) is 9.89. The zero-order chi connectivity index (χ0) is 22.7. The van der Waals surface area contributed by atoms with Crippen molar-refractivity contribution in [1.82, 2.24) is 30.2 Å². The fourth-order valence-corrected chi connectivity index (χ4v) is 4.55. The lowest BCUT2D eigenvalue weighted by Crippen LogP contribution is -2.48. The van der Waals surface area contributed by atoms with Crippen molar-refractivity contribution in [3.63, 3.8) is 0 Å². The fraction of sp³-hybridized carbons (Fsp3) is 0.652. The number of likely N-dealkylation sites (tertiary alicyclic amines) is 1. The number of hydrogen-bond donors (Lipinski definition) is 3. The van der Waals surface area contributed by atoms with Crippen molar-refractivity contribution in [3.8, 4) is 0 Å². The monoisotopic (exact) mass is 442 g/mol. The molecule has 176 valence electrons. The van der Waals surface area contributed by atoms with E-state index in [4.69, 9.17) is 14.8 Å². The third kappa shape index (κ3) is 4.84. The molecule has 0 bridgehead atoms. The first-order valence-electron chi connectivity index (χ1n) is 11.8. The number of dihydropyridines is 1. The molecular formula is C23H38N8O.